The molecule has 1 aliphatic heterocycles. The molecule has 3 aromatic rings. The third-order valence-corrected chi connectivity index (χ3v) is 4.58. The molecule has 0 saturated heterocycles. The Morgan fingerprint density at radius 2 is 2.08 bits per heavy atom. The van der Waals surface area contributed by atoms with Crippen molar-refractivity contribution < 1.29 is 4.74 Å². The molecule has 7 heteroatoms. The van der Waals surface area contributed by atoms with Crippen LogP contribution in [-0.2, 0) is 30.9 Å². The Bertz CT molecular complexity index is 839. The molecule has 2 aromatic heterocycles. The van der Waals surface area contributed by atoms with Gasteiger partial charge in [0.2, 0.25) is 0 Å². The number of nitrogens with zero attached hydrogens (tertiary/aromatic N) is 6. The van der Waals surface area contributed by atoms with Crippen molar-refractivity contribution in [3.63, 3.8) is 0 Å². The second kappa shape index (κ2) is 7.06. The molecular weight excluding hydrogens is 316 g/mol. The first-order chi connectivity index (χ1) is 12.3. The van der Waals surface area contributed by atoms with Gasteiger partial charge in [0.25, 0.3) is 0 Å². The molecule has 4 rings (SSSR count). The van der Waals surface area contributed by atoms with Crippen LogP contribution in [0.4, 0.5) is 5.69 Å². The van der Waals surface area contributed by atoms with E-state index in [9.17, 15) is 0 Å². The highest BCUT2D eigenvalue weighted by Gasteiger charge is 2.21. The van der Waals surface area contributed by atoms with Crippen LogP contribution in [0.15, 0.2) is 42.7 Å². The van der Waals surface area contributed by atoms with Crippen molar-refractivity contribution in [3.05, 3.63) is 59.7 Å². The number of ether oxygens (including phenoxy) is 1. The van der Waals surface area contributed by atoms with Crippen molar-refractivity contribution >= 4 is 5.69 Å². The zero-order chi connectivity index (χ0) is 17.1. The summed E-state index contributed by atoms with van der Waals surface area (Å²) in [5.74, 6) is 0. The molecule has 1 aromatic carbocycles. The predicted molar refractivity (Wildman–Crippen MR) is 94.2 cm³/mol. The lowest BCUT2D eigenvalue weighted by Crippen LogP contribution is -2.24. The number of hydrogen-bond acceptors (Lipinski definition) is 5. The number of aryl methyl sites for hydroxylation is 1. The average Bonchev–Trinajstić information content (AvgIpc) is 3.22. The third-order valence-electron chi connectivity index (χ3n) is 4.58. The highest BCUT2D eigenvalue weighted by atomic mass is 16.5. The minimum absolute atomic E-state index is 0.747. The van der Waals surface area contributed by atoms with Crippen molar-refractivity contribution in [2.24, 2.45) is 0 Å². The summed E-state index contributed by atoms with van der Waals surface area (Å²) in [4.78, 5) is 2.38. The second-order valence-electron chi connectivity index (χ2n) is 6.26. The largest absolute Gasteiger partial charge is 0.385 e. The van der Waals surface area contributed by atoms with Crippen LogP contribution in [0.2, 0.25) is 0 Å². The van der Waals surface area contributed by atoms with Crippen LogP contribution >= 0.6 is 0 Å². The summed E-state index contributed by atoms with van der Waals surface area (Å²) >= 11 is 0. The number of methoxy groups -OCH3 is 1. The fourth-order valence-corrected chi connectivity index (χ4v) is 3.32. The number of benzene rings is 1. The molecule has 0 N–H and O–H groups in total. The highest BCUT2D eigenvalue weighted by Crippen LogP contribution is 2.28. The zero-order valence-electron chi connectivity index (χ0n) is 14.4. The van der Waals surface area contributed by atoms with Crippen molar-refractivity contribution in [2.45, 2.75) is 32.6 Å². The highest BCUT2D eigenvalue weighted by molar-refractivity contribution is 5.55. The Kier molecular flexibility index (Phi) is 4.47. The number of rotatable bonds is 6. The maximum Gasteiger partial charge on any atom is 0.0784 e. The van der Waals surface area contributed by atoms with Gasteiger partial charge < -0.3 is 9.64 Å². The fourth-order valence-electron chi connectivity index (χ4n) is 3.32. The van der Waals surface area contributed by atoms with Crippen molar-refractivity contribution in [1.82, 2.24) is 24.8 Å². The van der Waals surface area contributed by atoms with Crippen molar-refractivity contribution in [1.29, 1.82) is 0 Å². The van der Waals surface area contributed by atoms with Gasteiger partial charge in [-0.15, -0.1) is 5.10 Å². The molecule has 3 heterocycles. The summed E-state index contributed by atoms with van der Waals surface area (Å²) in [5, 5.41) is 12.8. The normalized spacial score (nSPS) is 13.4. The Morgan fingerprint density at radius 3 is 3.00 bits per heavy atom. The van der Waals surface area contributed by atoms with E-state index in [0.29, 0.717) is 0 Å². The van der Waals surface area contributed by atoms with E-state index in [1.54, 1.807) is 7.11 Å². The van der Waals surface area contributed by atoms with Crippen LogP contribution in [0, 0.1) is 0 Å². The molecule has 0 aliphatic carbocycles. The summed E-state index contributed by atoms with van der Waals surface area (Å²) in [6.45, 7) is 3.96. The molecule has 0 bridgehead atoms. The first kappa shape index (κ1) is 15.8. The first-order valence-corrected chi connectivity index (χ1v) is 8.55. The number of aromatic nitrogens is 5. The Labute approximate surface area is 146 Å². The molecule has 0 saturated carbocycles. The fraction of sp³-hybridized carbons (Fsp3) is 0.389. The third kappa shape index (κ3) is 3.28. The van der Waals surface area contributed by atoms with E-state index in [1.165, 1.54) is 16.9 Å². The number of hydrogen-bond donors (Lipinski definition) is 0. The Balaban J connectivity index is 1.61. The minimum Gasteiger partial charge on any atom is -0.385 e. The number of fused-ring (bicyclic) bond motifs is 2. The molecule has 25 heavy (non-hydrogen) atoms. The van der Waals surface area contributed by atoms with Gasteiger partial charge in [0.15, 0.2) is 0 Å². The quantitative estimate of drug-likeness (QED) is 0.644. The standard InChI is InChI=1S/C18H22N6O/c1-25-10-4-9-23-16(7-8-20-23)13-22-14-17-11-19-21-24(17)12-15-5-2-3-6-18(15)22/h2-3,5-8,11H,4,9-10,12-14H2,1H3. The minimum atomic E-state index is 0.747. The van der Waals surface area contributed by atoms with E-state index in [1.807, 2.05) is 17.1 Å². The molecule has 0 amide bonds. The van der Waals surface area contributed by atoms with Gasteiger partial charge in [0.1, 0.15) is 0 Å². The number of anilines is 1. The number of para-hydroxylation sites is 1. The van der Waals surface area contributed by atoms with Gasteiger partial charge in [-0.3, -0.25) is 4.68 Å². The molecule has 0 radical (unpaired) electrons. The summed E-state index contributed by atoms with van der Waals surface area (Å²) in [6.07, 6.45) is 4.69. The van der Waals surface area contributed by atoms with Crippen LogP contribution in [-0.4, -0.2) is 38.5 Å². The van der Waals surface area contributed by atoms with Gasteiger partial charge in [0.05, 0.1) is 37.2 Å². The van der Waals surface area contributed by atoms with E-state index >= 15 is 0 Å². The Hall–Kier alpha value is -2.67. The molecule has 0 fully saturated rings. The lowest BCUT2D eigenvalue weighted by atomic mass is 10.1. The van der Waals surface area contributed by atoms with Gasteiger partial charge in [-0.2, -0.15) is 5.10 Å². The summed E-state index contributed by atoms with van der Waals surface area (Å²) in [5.41, 5.74) is 4.84. The zero-order valence-corrected chi connectivity index (χ0v) is 14.4. The molecule has 7 nitrogen and oxygen atoms in total. The lowest BCUT2D eigenvalue weighted by molar-refractivity contribution is 0.188. The van der Waals surface area contributed by atoms with Gasteiger partial charge in [-0.1, -0.05) is 23.4 Å². The first-order valence-electron chi connectivity index (χ1n) is 8.55. The molecular formula is C18H22N6O. The molecule has 130 valence electrons. The van der Waals surface area contributed by atoms with Crippen molar-refractivity contribution in [2.75, 3.05) is 18.6 Å². The summed E-state index contributed by atoms with van der Waals surface area (Å²) in [6, 6.07) is 10.6. The lowest BCUT2D eigenvalue weighted by Gasteiger charge is -2.24. The van der Waals surface area contributed by atoms with E-state index in [4.69, 9.17) is 4.74 Å². The van der Waals surface area contributed by atoms with Crippen LogP contribution in [0.5, 0.6) is 0 Å². The van der Waals surface area contributed by atoms with Gasteiger partial charge in [0, 0.05) is 32.1 Å². The van der Waals surface area contributed by atoms with E-state index < -0.39 is 0 Å². The van der Waals surface area contributed by atoms with Crippen LogP contribution in [0.25, 0.3) is 0 Å². The monoisotopic (exact) mass is 338 g/mol. The predicted octanol–water partition coefficient (Wildman–Crippen LogP) is 2.08. The van der Waals surface area contributed by atoms with E-state index in [0.717, 1.165) is 44.9 Å². The second-order valence-corrected chi connectivity index (χ2v) is 6.26. The molecule has 0 unspecified atom stereocenters. The van der Waals surface area contributed by atoms with Crippen LogP contribution in [0.3, 0.4) is 0 Å². The van der Waals surface area contributed by atoms with Crippen LogP contribution < -0.4 is 4.90 Å². The smallest absolute Gasteiger partial charge is 0.0784 e. The van der Waals surface area contributed by atoms with Crippen LogP contribution in [0.1, 0.15) is 23.4 Å². The van der Waals surface area contributed by atoms with Gasteiger partial charge in [-0.25, -0.2) is 4.68 Å². The Morgan fingerprint density at radius 1 is 1.16 bits per heavy atom. The van der Waals surface area contributed by atoms with E-state index in [2.05, 4.69) is 55.3 Å². The van der Waals surface area contributed by atoms with Crippen molar-refractivity contribution in [3.8, 4) is 0 Å². The summed E-state index contributed by atoms with van der Waals surface area (Å²) in [7, 11) is 1.73. The molecule has 0 atom stereocenters. The van der Waals surface area contributed by atoms with Gasteiger partial charge in [-0.05, 0) is 24.1 Å². The van der Waals surface area contributed by atoms with E-state index in [-0.39, 0.29) is 0 Å². The topological polar surface area (TPSA) is 61.0 Å². The SMILES string of the molecule is COCCCn1nccc1CN1Cc2cnnn2Cc2ccccc21. The molecule has 0 spiro atoms. The average molecular weight is 338 g/mol. The van der Waals surface area contributed by atoms with Gasteiger partial charge >= 0.3 is 0 Å². The maximum absolute atomic E-state index is 5.15. The molecule has 1 aliphatic rings. The summed E-state index contributed by atoms with van der Waals surface area (Å²) < 4.78 is 9.21. The maximum atomic E-state index is 5.15.